The third-order valence-corrected chi connectivity index (χ3v) is 6.80. The van der Waals surface area contributed by atoms with E-state index in [9.17, 15) is 31.6 Å². The van der Waals surface area contributed by atoms with Crippen molar-refractivity contribution in [1.29, 1.82) is 31.6 Å². The number of benzene rings is 3. The van der Waals surface area contributed by atoms with Crippen LogP contribution in [0.25, 0.3) is 22.3 Å². The first-order valence-corrected chi connectivity index (χ1v) is 11.8. The molecule has 0 saturated carbocycles. The molecule has 5 rings (SSSR count). The summed E-state index contributed by atoms with van der Waals surface area (Å²) in [5, 5.41) is 64.0. The van der Waals surface area contributed by atoms with E-state index in [1.807, 2.05) is 24.3 Å². The number of hydrogen-bond acceptors (Lipinski definition) is 10. The highest BCUT2D eigenvalue weighted by Crippen LogP contribution is 2.60. The molecule has 0 bridgehead atoms. The molecule has 186 valence electrons. The van der Waals surface area contributed by atoms with Crippen molar-refractivity contribution in [1.82, 2.24) is 0 Å². The zero-order valence-corrected chi connectivity index (χ0v) is 21.2. The standard InChI is InChI=1S/C30H16N10/c1-39-27-23(19-7-3-17(11-31)4-8-19)26-28(40(2)30(38-26)22(15-35)16-36)24(20-9-5-18(12-32)6-10-20)25(27)37-29(39)21(13-33)14-34/h3-10,37-38H,1-2H3. The van der Waals surface area contributed by atoms with E-state index in [0.717, 1.165) is 11.1 Å². The zero-order chi connectivity index (χ0) is 28.6. The average Bonchev–Trinajstić information content (AvgIpc) is 3.50. The molecule has 3 aromatic carbocycles. The maximum atomic E-state index is 9.68. The van der Waals surface area contributed by atoms with Gasteiger partial charge in [0.1, 0.15) is 35.9 Å². The highest BCUT2D eigenvalue weighted by molar-refractivity contribution is 6.16. The predicted molar refractivity (Wildman–Crippen MR) is 147 cm³/mol. The van der Waals surface area contributed by atoms with Gasteiger partial charge in [0.2, 0.25) is 0 Å². The zero-order valence-electron chi connectivity index (χ0n) is 21.2. The number of hydrogen-bond donors (Lipinski definition) is 2. The summed E-state index contributed by atoms with van der Waals surface area (Å²) in [6.45, 7) is 0. The lowest BCUT2D eigenvalue weighted by Gasteiger charge is -2.23. The second-order valence-electron chi connectivity index (χ2n) is 8.84. The van der Waals surface area contributed by atoms with Crippen LogP contribution >= 0.6 is 0 Å². The fourth-order valence-electron chi connectivity index (χ4n) is 4.97. The summed E-state index contributed by atoms with van der Waals surface area (Å²) < 4.78 is 0. The van der Waals surface area contributed by atoms with E-state index in [2.05, 4.69) is 22.8 Å². The lowest BCUT2D eigenvalue weighted by atomic mass is 9.91. The van der Waals surface area contributed by atoms with Crippen LogP contribution in [0.5, 0.6) is 0 Å². The highest BCUT2D eigenvalue weighted by Gasteiger charge is 2.39. The molecule has 10 heteroatoms. The van der Waals surface area contributed by atoms with Crippen molar-refractivity contribution in [3.8, 4) is 58.7 Å². The molecule has 0 atom stereocenters. The molecule has 0 radical (unpaired) electrons. The van der Waals surface area contributed by atoms with Crippen LogP contribution in [0.2, 0.25) is 0 Å². The Bertz CT molecular complexity index is 1750. The molecule has 0 fully saturated rings. The number of fused-ring (bicyclic) bond motifs is 2. The Morgan fingerprint density at radius 1 is 0.550 bits per heavy atom. The molecular formula is C30H16N10. The van der Waals surface area contributed by atoms with Gasteiger partial charge in [0.25, 0.3) is 0 Å². The van der Waals surface area contributed by atoms with Crippen LogP contribution < -0.4 is 20.4 Å². The molecule has 0 aliphatic carbocycles. The van der Waals surface area contributed by atoms with Crippen molar-refractivity contribution in [2.24, 2.45) is 0 Å². The molecular weight excluding hydrogens is 500 g/mol. The lowest BCUT2D eigenvalue weighted by Crippen LogP contribution is -2.17. The fourth-order valence-corrected chi connectivity index (χ4v) is 4.97. The van der Waals surface area contributed by atoms with Crippen LogP contribution in [0, 0.1) is 68.0 Å². The minimum absolute atomic E-state index is 0.117. The largest absolute Gasteiger partial charge is 0.338 e. The Morgan fingerprint density at radius 3 is 1.15 bits per heavy atom. The normalized spacial score (nSPS) is 12.3. The summed E-state index contributed by atoms with van der Waals surface area (Å²) in [5.74, 6) is 0.586. The third-order valence-electron chi connectivity index (χ3n) is 6.80. The molecule has 0 unspecified atom stereocenters. The molecule has 10 nitrogen and oxygen atoms in total. The van der Waals surface area contributed by atoms with Crippen molar-refractivity contribution >= 4 is 22.7 Å². The van der Waals surface area contributed by atoms with Crippen LogP contribution in [-0.2, 0) is 0 Å². The molecule has 2 N–H and O–H groups in total. The summed E-state index contributed by atoms with van der Waals surface area (Å²) in [4.78, 5) is 3.44. The maximum absolute atomic E-state index is 9.68. The second kappa shape index (κ2) is 9.63. The van der Waals surface area contributed by atoms with Gasteiger partial charge in [0.05, 0.1) is 46.0 Å². The van der Waals surface area contributed by atoms with Gasteiger partial charge in [-0.15, -0.1) is 0 Å². The van der Waals surface area contributed by atoms with Gasteiger partial charge in [0.15, 0.2) is 11.1 Å². The first-order chi connectivity index (χ1) is 19.4. The van der Waals surface area contributed by atoms with E-state index in [4.69, 9.17) is 0 Å². The highest BCUT2D eigenvalue weighted by atomic mass is 15.3. The fraction of sp³-hybridized carbons (Fsp3) is 0.0667. The number of nitrogens with zero attached hydrogens (tertiary/aromatic N) is 8. The molecule has 3 aromatic rings. The van der Waals surface area contributed by atoms with E-state index < -0.39 is 0 Å². The minimum atomic E-state index is -0.117. The van der Waals surface area contributed by atoms with Crippen molar-refractivity contribution in [2.45, 2.75) is 0 Å². The molecule has 0 amide bonds. The maximum Gasteiger partial charge on any atom is 0.170 e. The number of nitriles is 6. The van der Waals surface area contributed by atoms with E-state index in [0.29, 0.717) is 56.6 Å². The number of anilines is 4. The molecule has 0 aromatic heterocycles. The van der Waals surface area contributed by atoms with E-state index in [1.165, 1.54) is 0 Å². The van der Waals surface area contributed by atoms with Gasteiger partial charge in [0, 0.05) is 25.2 Å². The van der Waals surface area contributed by atoms with Crippen LogP contribution in [-0.4, -0.2) is 14.1 Å². The van der Waals surface area contributed by atoms with Crippen molar-refractivity contribution in [3.63, 3.8) is 0 Å². The summed E-state index contributed by atoms with van der Waals surface area (Å²) in [6.07, 6.45) is 0. The molecule has 40 heavy (non-hydrogen) atoms. The van der Waals surface area contributed by atoms with Gasteiger partial charge < -0.3 is 20.4 Å². The van der Waals surface area contributed by atoms with Crippen LogP contribution in [0.4, 0.5) is 22.7 Å². The SMILES string of the molecule is CN1C(=C(C#N)C#N)Nc2c(-c3ccc(C#N)cc3)c3c(c(-c4ccc(C#N)cc4)c21)NC(=C(C#N)C#N)N3C. The lowest BCUT2D eigenvalue weighted by molar-refractivity contribution is 1.14. The van der Waals surface area contributed by atoms with Crippen LogP contribution in [0.1, 0.15) is 11.1 Å². The van der Waals surface area contributed by atoms with Gasteiger partial charge in [-0.05, 0) is 35.4 Å². The summed E-state index contributed by atoms with van der Waals surface area (Å²) in [5.41, 5.74) is 5.95. The van der Waals surface area contributed by atoms with Crippen molar-refractivity contribution in [3.05, 3.63) is 82.4 Å². The van der Waals surface area contributed by atoms with Crippen molar-refractivity contribution < 1.29 is 0 Å². The monoisotopic (exact) mass is 516 g/mol. The Morgan fingerprint density at radius 2 is 0.875 bits per heavy atom. The second-order valence-corrected chi connectivity index (χ2v) is 8.84. The summed E-state index contributed by atoms with van der Waals surface area (Å²) in [6, 6.07) is 25.9. The predicted octanol–water partition coefficient (Wildman–Crippen LogP) is 5.00. The van der Waals surface area contributed by atoms with Gasteiger partial charge in [-0.2, -0.15) is 31.6 Å². The quantitative estimate of drug-likeness (QED) is 0.441. The van der Waals surface area contributed by atoms with Gasteiger partial charge >= 0.3 is 0 Å². The van der Waals surface area contributed by atoms with Crippen LogP contribution in [0.3, 0.4) is 0 Å². The third kappa shape index (κ3) is 3.60. The Hall–Kier alpha value is -6.72. The topological polar surface area (TPSA) is 173 Å². The van der Waals surface area contributed by atoms with E-state index in [1.54, 1.807) is 72.4 Å². The smallest absolute Gasteiger partial charge is 0.170 e. The Kier molecular flexibility index (Phi) is 6.00. The molecule has 2 aliphatic heterocycles. The van der Waals surface area contributed by atoms with Crippen LogP contribution in [0.15, 0.2) is 71.3 Å². The molecule has 2 heterocycles. The number of rotatable bonds is 2. The van der Waals surface area contributed by atoms with Crippen molar-refractivity contribution in [2.75, 3.05) is 34.5 Å². The Labute approximate surface area is 230 Å². The summed E-state index contributed by atoms with van der Waals surface area (Å²) in [7, 11) is 3.46. The van der Waals surface area contributed by atoms with Gasteiger partial charge in [-0.25, -0.2) is 0 Å². The molecule has 0 saturated heterocycles. The van der Waals surface area contributed by atoms with Gasteiger partial charge in [-0.1, -0.05) is 24.3 Å². The number of allylic oxidation sites excluding steroid dienone is 2. The number of nitrogens with one attached hydrogen (secondary N) is 2. The first kappa shape index (κ1) is 25.0. The van der Waals surface area contributed by atoms with Gasteiger partial charge in [-0.3, -0.25) is 0 Å². The first-order valence-electron chi connectivity index (χ1n) is 11.8. The Balaban J connectivity index is 1.96. The summed E-state index contributed by atoms with van der Waals surface area (Å²) >= 11 is 0. The van der Waals surface area contributed by atoms with E-state index >= 15 is 0 Å². The minimum Gasteiger partial charge on any atom is -0.338 e. The van der Waals surface area contributed by atoms with E-state index in [-0.39, 0.29) is 11.1 Å². The average molecular weight is 517 g/mol. The molecule has 2 aliphatic rings. The molecule has 0 spiro atoms.